The van der Waals surface area contributed by atoms with Crippen molar-refractivity contribution < 1.29 is 23.4 Å². The maximum absolute atomic E-state index is 14.5. The number of carbonyl (C=O) groups is 1. The Morgan fingerprint density at radius 1 is 0.821 bits per heavy atom. The second-order valence-electron chi connectivity index (χ2n) is 5.93. The van der Waals surface area contributed by atoms with Gasteiger partial charge < -0.3 is 19.5 Å². The van der Waals surface area contributed by atoms with Crippen molar-refractivity contribution in [2.45, 2.75) is 0 Å². The van der Waals surface area contributed by atoms with Crippen LogP contribution in [0.4, 0.5) is 10.1 Å². The maximum Gasteiger partial charge on any atom is 0.256 e. The first kappa shape index (κ1) is 19.2. The van der Waals surface area contributed by atoms with Crippen molar-refractivity contribution in [2.75, 3.05) is 26.6 Å². The fourth-order valence-electron chi connectivity index (χ4n) is 2.83. The molecule has 0 bridgehead atoms. The van der Waals surface area contributed by atoms with Crippen LogP contribution in [0.15, 0.2) is 60.7 Å². The molecule has 28 heavy (non-hydrogen) atoms. The van der Waals surface area contributed by atoms with Crippen LogP contribution < -0.4 is 19.5 Å². The smallest absolute Gasteiger partial charge is 0.256 e. The molecular weight excluding hydrogens is 361 g/mol. The minimum atomic E-state index is -0.526. The lowest BCUT2D eigenvalue weighted by molar-refractivity contribution is 0.102. The first-order chi connectivity index (χ1) is 13.6. The van der Waals surface area contributed by atoms with Crippen LogP contribution in [0.5, 0.6) is 17.2 Å². The third-order valence-electron chi connectivity index (χ3n) is 4.25. The van der Waals surface area contributed by atoms with Gasteiger partial charge in [-0.2, -0.15) is 0 Å². The van der Waals surface area contributed by atoms with Crippen molar-refractivity contribution in [2.24, 2.45) is 0 Å². The first-order valence-corrected chi connectivity index (χ1v) is 8.53. The molecule has 144 valence electrons. The van der Waals surface area contributed by atoms with Crippen LogP contribution >= 0.6 is 0 Å². The average molecular weight is 381 g/mol. The van der Waals surface area contributed by atoms with Crippen molar-refractivity contribution >= 4 is 11.6 Å². The number of hydrogen-bond acceptors (Lipinski definition) is 4. The summed E-state index contributed by atoms with van der Waals surface area (Å²) in [5, 5.41) is 2.58. The topological polar surface area (TPSA) is 56.8 Å². The summed E-state index contributed by atoms with van der Waals surface area (Å²) in [5.41, 5.74) is 1.95. The summed E-state index contributed by atoms with van der Waals surface area (Å²) < 4.78 is 30.3. The third-order valence-corrected chi connectivity index (χ3v) is 4.25. The Morgan fingerprint density at radius 3 is 2.00 bits per heavy atom. The fraction of sp³-hybridized carbons (Fsp3) is 0.136. The molecule has 0 unspecified atom stereocenters. The highest BCUT2D eigenvalue weighted by Crippen LogP contribution is 2.38. The van der Waals surface area contributed by atoms with E-state index in [0.29, 0.717) is 17.2 Å². The molecule has 1 N–H and O–H groups in total. The lowest BCUT2D eigenvalue weighted by Crippen LogP contribution is -2.13. The summed E-state index contributed by atoms with van der Waals surface area (Å²) in [4.78, 5) is 12.6. The van der Waals surface area contributed by atoms with Crippen LogP contribution in [0.25, 0.3) is 11.1 Å². The molecule has 0 fully saturated rings. The van der Waals surface area contributed by atoms with Gasteiger partial charge in [-0.15, -0.1) is 0 Å². The van der Waals surface area contributed by atoms with Gasteiger partial charge >= 0.3 is 0 Å². The molecule has 0 saturated heterocycles. The van der Waals surface area contributed by atoms with Gasteiger partial charge in [-0.3, -0.25) is 4.79 Å². The molecule has 0 aliphatic rings. The number of halogens is 1. The Morgan fingerprint density at radius 2 is 1.46 bits per heavy atom. The largest absolute Gasteiger partial charge is 0.493 e. The summed E-state index contributed by atoms with van der Waals surface area (Å²) in [6.45, 7) is 0. The molecule has 0 aliphatic heterocycles. The first-order valence-electron chi connectivity index (χ1n) is 8.53. The standard InChI is InChI=1S/C22H20FNO4/c1-26-19-12-16(13-20(27-2)21(19)28-3)22(25)24-18-10-9-15(11-17(18)23)14-7-5-4-6-8-14/h4-13H,1-3H3,(H,24,25). The third kappa shape index (κ3) is 3.91. The van der Waals surface area contributed by atoms with Crippen LogP contribution in [-0.4, -0.2) is 27.2 Å². The monoisotopic (exact) mass is 381 g/mol. The highest BCUT2D eigenvalue weighted by Gasteiger charge is 2.18. The molecule has 3 aromatic rings. The molecule has 3 rings (SSSR count). The fourth-order valence-corrected chi connectivity index (χ4v) is 2.83. The summed E-state index contributed by atoms with van der Waals surface area (Å²) in [6.07, 6.45) is 0. The van der Waals surface area contributed by atoms with E-state index >= 15 is 0 Å². The normalized spacial score (nSPS) is 10.3. The molecule has 0 saturated carbocycles. The highest BCUT2D eigenvalue weighted by molar-refractivity contribution is 6.05. The SMILES string of the molecule is COc1cc(C(=O)Nc2ccc(-c3ccccc3)cc2F)cc(OC)c1OC. The molecule has 0 aliphatic carbocycles. The Kier molecular flexibility index (Phi) is 5.79. The van der Waals surface area contributed by atoms with Gasteiger partial charge in [0, 0.05) is 5.56 Å². The molecule has 0 atom stereocenters. The quantitative estimate of drug-likeness (QED) is 0.668. The van der Waals surface area contributed by atoms with E-state index in [1.54, 1.807) is 6.07 Å². The van der Waals surface area contributed by atoms with E-state index in [-0.39, 0.29) is 11.3 Å². The van der Waals surface area contributed by atoms with E-state index in [4.69, 9.17) is 14.2 Å². The number of hydrogen-bond donors (Lipinski definition) is 1. The Bertz CT molecular complexity index is 964. The molecule has 0 spiro atoms. The molecule has 6 heteroatoms. The van der Waals surface area contributed by atoms with Gasteiger partial charge in [-0.1, -0.05) is 36.4 Å². The molecule has 5 nitrogen and oxygen atoms in total. The number of benzene rings is 3. The van der Waals surface area contributed by atoms with Crippen molar-refractivity contribution in [1.82, 2.24) is 0 Å². The number of ether oxygens (including phenoxy) is 3. The predicted octanol–water partition coefficient (Wildman–Crippen LogP) is 4.77. The molecule has 1 amide bonds. The van der Waals surface area contributed by atoms with Gasteiger partial charge in [0.1, 0.15) is 5.82 Å². The van der Waals surface area contributed by atoms with Gasteiger partial charge in [-0.25, -0.2) is 4.39 Å². The van der Waals surface area contributed by atoms with Gasteiger partial charge in [0.25, 0.3) is 5.91 Å². The highest BCUT2D eigenvalue weighted by atomic mass is 19.1. The van der Waals surface area contributed by atoms with Crippen molar-refractivity contribution in [3.8, 4) is 28.4 Å². The minimum Gasteiger partial charge on any atom is -0.493 e. The summed E-state index contributed by atoms with van der Waals surface area (Å²) >= 11 is 0. The number of rotatable bonds is 6. The Balaban J connectivity index is 1.87. The van der Waals surface area contributed by atoms with Gasteiger partial charge in [0.05, 0.1) is 27.0 Å². The average Bonchev–Trinajstić information content (AvgIpc) is 2.74. The number of anilines is 1. The summed E-state index contributed by atoms with van der Waals surface area (Å²) in [5.74, 6) is 0.0338. The van der Waals surface area contributed by atoms with Gasteiger partial charge in [0.2, 0.25) is 5.75 Å². The lowest BCUT2D eigenvalue weighted by Gasteiger charge is -2.14. The maximum atomic E-state index is 14.5. The number of carbonyl (C=O) groups excluding carboxylic acids is 1. The van der Waals surface area contributed by atoms with Crippen LogP contribution in [0, 0.1) is 5.82 Å². The van der Waals surface area contributed by atoms with E-state index in [1.165, 1.54) is 45.6 Å². The van der Waals surface area contributed by atoms with E-state index < -0.39 is 11.7 Å². The van der Waals surface area contributed by atoms with E-state index in [9.17, 15) is 9.18 Å². The van der Waals surface area contributed by atoms with Crippen molar-refractivity contribution in [1.29, 1.82) is 0 Å². The van der Waals surface area contributed by atoms with Crippen LogP contribution in [0.3, 0.4) is 0 Å². The molecule has 0 heterocycles. The molecule has 0 aromatic heterocycles. The lowest BCUT2D eigenvalue weighted by atomic mass is 10.1. The second-order valence-corrected chi connectivity index (χ2v) is 5.93. The van der Waals surface area contributed by atoms with E-state index in [1.807, 2.05) is 30.3 Å². The number of methoxy groups -OCH3 is 3. The summed E-state index contributed by atoms with van der Waals surface area (Å²) in [6, 6.07) is 17.1. The van der Waals surface area contributed by atoms with Crippen molar-refractivity contribution in [3.05, 3.63) is 72.0 Å². The van der Waals surface area contributed by atoms with E-state index in [0.717, 1.165) is 11.1 Å². The van der Waals surface area contributed by atoms with Crippen LogP contribution in [-0.2, 0) is 0 Å². The molecule has 0 radical (unpaired) electrons. The minimum absolute atomic E-state index is 0.0819. The van der Waals surface area contributed by atoms with E-state index in [2.05, 4.69) is 5.32 Å². The van der Waals surface area contributed by atoms with Crippen LogP contribution in [0.2, 0.25) is 0 Å². The van der Waals surface area contributed by atoms with Crippen molar-refractivity contribution in [3.63, 3.8) is 0 Å². The second kappa shape index (κ2) is 8.43. The zero-order chi connectivity index (χ0) is 20.1. The summed E-state index contributed by atoms with van der Waals surface area (Å²) in [7, 11) is 4.39. The zero-order valence-corrected chi connectivity index (χ0v) is 15.8. The van der Waals surface area contributed by atoms with Gasteiger partial charge in [-0.05, 0) is 35.4 Å². The zero-order valence-electron chi connectivity index (χ0n) is 15.8. The van der Waals surface area contributed by atoms with Crippen LogP contribution in [0.1, 0.15) is 10.4 Å². The Labute approximate surface area is 162 Å². The number of nitrogens with one attached hydrogen (secondary N) is 1. The Hall–Kier alpha value is -3.54. The predicted molar refractivity (Wildman–Crippen MR) is 106 cm³/mol. The molecule has 3 aromatic carbocycles. The number of amides is 1. The molecular formula is C22H20FNO4. The van der Waals surface area contributed by atoms with Gasteiger partial charge in [0.15, 0.2) is 11.5 Å².